The molecule has 0 fully saturated rings. The van der Waals surface area contributed by atoms with Crippen LogP contribution in [-0.4, -0.2) is 49.8 Å². The normalized spacial score (nSPS) is 11.0. The van der Waals surface area contributed by atoms with Crippen LogP contribution in [-0.2, 0) is 11.8 Å². The van der Waals surface area contributed by atoms with Crippen molar-refractivity contribution < 1.29 is 30.0 Å². The molecule has 0 saturated carbocycles. The van der Waals surface area contributed by atoms with Gasteiger partial charge in [0, 0.05) is 25.7 Å². The zero-order valence-electron chi connectivity index (χ0n) is 6.94. The number of hydrogen-bond donors (Lipinski definition) is 6. The second kappa shape index (κ2) is 8.98. The Bertz CT molecular complexity index is 136. The number of rotatable bonds is 4. The zero-order chi connectivity index (χ0) is 10.9. The Hall–Kier alpha value is 0.410. The Kier molecular flexibility index (Phi) is 11.0. The number of aliphatic hydroxyl groups is 3. The highest BCUT2D eigenvalue weighted by Crippen LogP contribution is 2.26. The molecule has 0 aliphatic carbocycles. The fourth-order valence-electron chi connectivity index (χ4n) is 0.423. The molecule has 0 amide bonds. The largest absolute Gasteiger partial charge is 0.396 e. The molecule has 13 heavy (non-hydrogen) atoms. The molecular weight excluding hydrogens is 219 g/mol. The molecule has 82 valence electrons. The maximum Gasteiger partial charge on any atom is 0.319 e. The van der Waals surface area contributed by atoms with Crippen LogP contribution in [0.1, 0.15) is 6.42 Å². The number of hydrogen-bond acceptors (Lipinski definition) is 4. The molecule has 0 aromatic heterocycles. The molecule has 0 aromatic carbocycles. The van der Waals surface area contributed by atoms with Gasteiger partial charge in [-0.15, -0.1) is 0 Å². The third kappa shape index (κ3) is 24.5. The molecule has 0 radical (unpaired) electrons. The van der Waals surface area contributed by atoms with Crippen LogP contribution in [0.3, 0.4) is 0 Å². The summed E-state index contributed by atoms with van der Waals surface area (Å²) in [4.78, 5) is 22.7. The van der Waals surface area contributed by atoms with Gasteiger partial charge < -0.3 is 30.0 Å². The van der Waals surface area contributed by atoms with Crippen molar-refractivity contribution in [3.05, 3.63) is 0 Å². The first kappa shape index (κ1) is 15.9. The Balaban J connectivity index is 0. The minimum absolute atomic E-state index is 0.0335. The lowest BCUT2D eigenvalue weighted by atomic mass is 10.1. The molecule has 0 bridgehead atoms. The van der Waals surface area contributed by atoms with Gasteiger partial charge in [-0.2, -0.15) is 0 Å². The van der Waals surface area contributed by atoms with Crippen LogP contribution in [0, 0.1) is 5.92 Å². The molecule has 8 heteroatoms. The fourth-order valence-corrected chi connectivity index (χ4v) is 0.423. The summed E-state index contributed by atoms with van der Waals surface area (Å²) in [5, 5.41) is 25.0. The van der Waals surface area contributed by atoms with Gasteiger partial charge in [-0.1, -0.05) is 0 Å². The third-order valence-corrected chi connectivity index (χ3v) is 1.05. The Morgan fingerprint density at radius 3 is 1.38 bits per heavy atom. The summed E-state index contributed by atoms with van der Waals surface area (Å²) in [6.07, 6.45) is 0.479. The minimum atomic E-state index is -3.81. The monoisotopic (exact) mass is 234 g/mol. The first-order valence-corrected chi connectivity index (χ1v) is 6.12. The van der Waals surface area contributed by atoms with Crippen molar-refractivity contribution in [1.82, 2.24) is 0 Å². The molecule has 0 saturated heterocycles. The van der Waals surface area contributed by atoms with Crippen molar-refractivity contribution >= 4 is 18.5 Å². The van der Waals surface area contributed by atoms with E-state index in [1.165, 1.54) is 0 Å². The Morgan fingerprint density at radius 1 is 1.00 bits per heavy atom. The first-order chi connectivity index (χ1) is 5.85. The van der Waals surface area contributed by atoms with Crippen LogP contribution in [0.15, 0.2) is 0 Å². The van der Waals surface area contributed by atoms with Gasteiger partial charge in [-0.3, -0.25) is 0 Å². The highest BCUT2D eigenvalue weighted by atomic mass is 32.5. The summed E-state index contributed by atoms with van der Waals surface area (Å²) in [6.45, 7) is -3.86. The summed E-state index contributed by atoms with van der Waals surface area (Å²) in [5.41, 5.74) is 0. The standard InChI is InChI=1S/C5H12O3.H3O3PS/c6-2-1-5(3-7)4-8;1-4(2,3)5/h5-8H,1-4H2;(H3,1,2,3,5). The topological polar surface area (TPSA) is 121 Å². The van der Waals surface area contributed by atoms with Crippen LogP contribution >= 0.6 is 6.72 Å². The van der Waals surface area contributed by atoms with Crippen LogP contribution < -0.4 is 0 Å². The lowest BCUT2D eigenvalue weighted by Gasteiger charge is -2.06. The van der Waals surface area contributed by atoms with E-state index in [4.69, 9.17) is 30.0 Å². The lowest BCUT2D eigenvalue weighted by molar-refractivity contribution is 0.124. The molecule has 0 unspecified atom stereocenters. The molecular formula is C5H15O6PS. The van der Waals surface area contributed by atoms with E-state index in [0.717, 1.165) is 0 Å². The van der Waals surface area contributed by atoms with E-state index in [1.54, 1.807) is 0 Å². The summed E-state index contributed by atoms with van der Waals surface area (Å²) in [7, 11) is 0. The maximum absolute atomic E-state index is 8.39. The van der Waals surface area contributed by atoms with Crippen LogP contribution in [0.2, 0.25) is 0 Å². The van der Waals surface area contributed by atoms with E-state index in [-0.39, 0.29) is 25.7 Å². The van der Waals surface area contributed by atoms with Crippen LogP contribution in [0.5, 0.6) is 0 Å². The second-order valence-corrected chi connectivity index (χ2v) is 4.75. The van der Waals surface area contributed by atoms with E-state index < -0.39 is 6.72 Å². The highest BCUT2D eigenvalue weighted by molar-refractivity contribution is 8.06. The predicted molar refractivity (Wildman–Crippen MR) is 50.3 cm³/mol. The minimum Gasteiger partial charge on any atom is -0.396 e. The average Bonchev–Trinajstić information content (AvgIpc) is 1.97. The van der Waals surface area contributed by atoms with E-state index in [9.17, 15) is 0 Å². The summed E-state index contributed by atoms with van der Waals surface area (Å²) in [5.74, 6) is -0.139. The first-order valence-electron chi connectivity index (χ1n) is 3.46. The quantitative estimate of drug-likeness (QED) is 0.316. The fraction of sp³-hybridized carbons (Fsp3) is 1.00. The van der Waals surface area contributed by atoms with Gasteiger partial charge in [-0.25, -0.2) is 0 Å². The average molecular weight is 234 g/mol. The van der Waals surface area contributed by atoms with Crippen molar-refractivity contribution in [2.45, 2.75) is 6.42 Å². The Morgan fingerprint density at radius 2 is 1.31 bits per heavy atom. The van der Waals surface area contributed by atoms with Gasteiger partial charge in [-0.05, 0) is 18.2 Å². The van der Waals surface area contributed by atoms with E-state index in [1.807, 2.05) is 0 Å². The van der Waals surface area contributed by atoms with E-state index in [0.29, 0.717) is 6.42 Å². The van der Waals surface area contributed by atoms with Crippen molar-refractivity contribution in [3.8, 4) is 0 Å². The van der Waals surface area contributed by atoms with Crippen LogP contribution in [0.25, 0.3) is 0 Å². The molecule has 0 aromatic rings. The van der Waals surface area contributed by atoms with Gasteiger partial charge in [0.1, 0.15) is 0 Å². The van der Waals surface area contributed by atoms with Gasteiger partial charge in [0.05, 0.1) is 0 Å². The van der Waals surface area contributed by atoms with Crippen molar-refractivity contribution in [1.29, 1.82) is 0 Å². The number of aliphatic hydroxyl groups excluding tert-OH is 3. The lowest BCUT2D eigenvalue weighted by Crippen LogP contribution is -2.12. The van der Waals surface area contributed by atoms with Gasteiger partial charge in [0.2, 0.25) is 0 Å². The van der Waals surface area contributed by atoms with Crippen LogP contribution in [0.4, 0.5) is 0 Å². The third-order valence-electron chi connectivity index (χ3n) is 1.05. The summed E-state index contributed by atoms with van der Waals surface area (Å²) < 4.78 is 0. The molecule has 0 aliphatic rings. The molecule has 0 atom stereocenters. The summed E-state index contributed by atoms with van der Waals surface area (Å²) in [6, 6.07) is 0. The molecule has 0 aliphatic heterocycles. The van der Waals surface area contributed by atoms with Gasteiger partial charge in [0.15, 0.2) is 0 Å². The van der Waals surface area contributed by atoms with Crippen molar-refractivity contribution in [2.24, 2.45) is 5.92 Å². The molecule has 0 heterocycles. The van der Waals surface area contributed by atoms with Gasteiger partial charge in [0.25, 0.3) is 0 Å². The van der Waals surface area contributed by atoms with E-state index >= 15 is 0 Å². The van der Waals surface area contributed by atoms with Crippen molar-refractivity contribution in [2.75, 3.05) is 19.8 Å². The smallest absolute Gasteiger partial charge is 0.319 e. The molecule has 0 rings (SSSR count). The maximum atomic E-state index is 8.39. The SMILES string of the molecule is OCCC(CO)CO.OP(O)(O)=S. The molecule has 0 spiro atoms. The zero-order valence-corrected chi connectivity index (χ0v) is 8.66. The molecule has 6 N–H and O–H groups in total. The summed E-state index contributed by atoms with van der Waals surface area (Å²) >= 11 is 3.60. The second-order valence-electron chi connectivity index (χ2n) is 2.26. The highest BCUT2D eigenvalue weighted by Gasteiger charge is 2.02. The van der Waals surface area contributed by atoms with Gasteiger partial charge >= 0.3 is 6.72 Å². The van der Waals surface area contributed by atoms with Crippen molar-refractivity contribution in [3.63, 3.8) is 0 Å². The Labute approximate surface area is 81.4 Å². The predicted octanol–water partition coefficient (Wildman–Crippen LogP) is -1.84. The molecule has 6 nitrogen and oxygen atoms in total. The van der Waals surface area contributed by atoms with E-state index in [2.05, 4.69) is 11.8 Å².